The van der Waals surface area contributed by atoms with Crippen LogP contribution in [0.5, 0.6) is 0 Å². The maximum atomic E-state index is 10.9. The zero-order valence-electron chi connectivity index (χ0n) is 9.17. The molecule has 0 N–H and O–H groups in total. The van der Waals surface area contributed by atoms with Gasteiger partial charge in [-0.25, -0.2) is 0 Å². The van der Waals surface area contributed by atoms with Crippen molar-refractivity contribution in [3.8, 4) is 0 Å². The van der Waals surface area contributed by atoms with Crippen LogP contribution >= 0.6 is 0 Å². The van der Waals surface area contributed by atoms with Crippen LogP contribution in [0.1, 0.15) is 33.6 Å². The Morgan fingerprint density at radius 3 is 2.71 bits per heavy atom. The molecule has 1 aliphatic rings. The number of hydrogen-bond acceptors (Lipinski definition) is 2. The monoisotopic (exact) mass is 194 g/mol. The van der Waals surface area contributed by atoms with Gasteiger partial charge in [0.15, 0.2) is 0 Å². The van der Waals surface area contributed by atoms with Gasteiger partial charge in [-0.2, -0.15) is 0 Å². The fourth-order valence-electron chi connectivity index (χ4n) is 1.88. The fraction of sp³-hybridized carbons (Fsp3) is 0.583. The van der Waals surface area contributed by atoms with Gasteiger partial charge in [0.2, 0.25) is 0 Å². The van der Waals surface area contributed by atoms with Crippen LogP contribution in [-0.4, -0.2) is 12.1 Å². The Hall–Kier alpha value is -1.05. The molecule has 78 valence electrons. The topological polar surface area (TPSA) is 26.3 Å². The first kappa shape index (κ1) is 11.0. The van der Waals surface area contributed by atoms with Crippen molar-refractivity contribution in [3.63, 3.8) is 0 Å². The van der Waals surface area contributed by atoms with E-state index < -0.39 is 0 Å². The Kier molecular flexibility index (Phi) is 3.50. The lowest BCUT2D eigenvalue weighted by molar-refractivity contribution is -0.148. The molecule has 0 heterocycles. The summed E-state index contributed by atoms with van der Waals surface area (Å²) in [5.41, 5.74) is 2.40. The summed E-state index contributed by atoms with van der Waals surface area (Å²) in [6.07, 6.45) is 3.99. The molecule has 0 spiro atoms. The summed E-state index contributed by atoms with van der Waals surface area (Å²) in [6, 6.07) is 0. The highest BCUT2D eigenvalue weighted by Gasteiger charge is 2.27. The Labute approximate surface area is 85.6 Å². The molecule has 0 aromatic rings. The van der Waals surface area contributed by atoms with Gasteiger partial charge in [-0.1, -0.05) is 23.8 Å². The lowest BCUT2D eigenvalue weighted by Crippen LogP contribution is -2.29. The van der Waals surface area contributed by atoms with Crippen molar-refractivity contribution in [1.82, 2.24) is 0 Å². The molecule has 0 saturated carbocycles. The summed E-state index contributed by atoms with van der Waals surface area (Å²) < 4.78 is 5.29. The summed E-state index contributed by atoms with van der Waals surface area (Å²) >= 11 is 0. The number of rotatable bonds is 2. The second-order valence-corrected chi connectivity index (χ2v) is 4.09. The normalized spacial score (nSPS) is 26.6. The van der Waals surface area contributed by atoms with Crippen LogP contribution in [0, 0.1) is 5.92 Å². The van der Waals surface area contributed by atoms with E-state index in [1.165, 1.54) is 12.5 Å². The van der Waals surface area contributed by atoms with E-state index in [9.17, 15) is 4.79 Å². The summed E-state index contributed by atoms with van der Waals surface area (Å²) in [6.45, 7) is 9.47. The Bertz CT molecular complexity index is 276. The first-order valence-electron chi connectivity index (χ1n) is 4.99. The van der Waals surface area contributed by atoms with E-state index >= 15 is 0 Å². The van der Waals surface area contributed by atoms with E-state index in [-0.39, 0.29) is 12.1 Å². The second kappa shape index (κ2) is 4.45. The van der Waals surface area contributed by atoms with E-state index in [1.54, 1.807) is 0 Å². The Morgan fingerprint density at radius 1 is 1.57 bits per heavy atom. The lowest BCUT2D eigenvalue weighted by atomic mass is 9.83. The summed E-state index contributed by atoms with van der Waals surface area (Å²) in [4.78, 5) is 10.9. The smallest absolute Gasteiger partial charge is 0.302 e. The van der Waals surface area contributed by atoms with Crippen molar-refractivity contribution in [2.45, 2.75) is 39.7 Å². The quantitative estimate of drug-likeness (QED) is 0.499. The van der Waals surface area contributed by atoms with Crippen LogP contribution in [0.15, 0.2) is 23.8 Å². The minimum Gasteiger partial charge on any atom is -0.462 e. The van der Waals surface area contributed by atoms with E-state index in [0.717, 1.165) is 18.4 Å². The number of hydrogen-bond donors (Lipinski definition) is 0. The summed E-state index contributed by atoms with van der Waals surface area (Å²) in [5, 5.41) is 0. The largest absolute Gasteiger partial charge is 0.462 e. The SMILES string of the molecule is C=C(C)[C@@H]1CC=C(C)C[C@H]1OC(C)=O. The number of esters is 1. The Balaban J connectivity index is 2.72. The molecule has 1 aliphatic carbocycles. The van der Waals surface area contributed by atoms with Gasteiger partial charge >= 0.3 is 5.97 Å². The molecule has 0 aromatic heterocycles. The molecule has 0 fully saturated rings. The number of carbonyl (C=O) groups is 1. The number of carbonyl (C=O) groups excluding carboxylic acids is 1. The van der Waals surface area contributed by atoms with Gasteiger partial charge < -0.3 is 4.74 Å². The predicted molar refractivity (Wildman–Crippen MR) is 56.8 cm³/mol. The number of allylic oxidation sites excluding steroid dienone is 1. The predicted octanol–water partition coefficient (Wildman–Crippen LogP) is 2.85. The van der Waals surface area contributed by atoms with E-state index in [2.05, 4.69) is 19.6 Å². The van der Waals surface area contributed by atoms with Crippen molar-refractivity contribution in [2.24, 2.45) is 5.92 Å². The molecule has 0 bridgehead atoms. The molecule has 2 heteroatoms. The molecule has 0 unspecified atom stereocenters. The molecule has 0 aromatic carbocycles. The standard InChI is InChI=1S/C12H18O2/c1-8(2)11-6-5-9(3)7-12(11)14-10(4)13/h5,11-12H,1,6-7H2,2-4H3/t11-,12+/m0/s1. The molecule has 0 amide bonds. The summed E-state index contributed by atoms with van der Waals surface area (Å²) in [5.74, 6) is 0.0959. The molecule has 0 saturated heterocycles. The van der Waals surface area contributed by atoms with E-state index in [4.69, 9.17) is 4.74 Å². The molecule has 0 radical (unpaired) electrons. The van der Waals surface area contributed by atoms with Crippen LogP contribution < -0.4 is 0 Å². The lowest BCUT2D eigenvalue weighted by Gasteiger charge is -2.30. The second-order valence-electron chi connectivity index (χ2n) is 4.09. The molecular weight excluding hydrogens is 176 g/mol. The molecule has 2 atom stereocenters. The highest BCUT2D eigenvalue weighted by atomic mass is 16.5. The van der Waals surface area contributed by atoms with E-state index in [1.807, 2.05) is 6.92 Å². The van der Waals surface area contributed by atoms with Gasteiger partial charge in [0.25, 0.3) is 0 Å². The minimum absolute atomic E-state index is 0.00463. The zero-order valence-corrected chi connectivity index (χ0v) is 9.17. The van der Waals surface area contributed by atoms with Crippen LogP contribution in [0.25, 0.3) is 0 Å². The van der Waals surface area contributed by atoms with E-state index in [0.29, 0.717) is 5.92 Å². The minimum atomic E-state index is -0.198. The van der Waals surface area contributed by atoms with Crippen molar-refractivity contribution >= 4 is 5.97 Å². The van der Waals surface area contributed by atoms with Crippen LogP contribution in [0.2, 0.25) is 0 Å². The molecular formula is C12H18O2. The average molecular weight is 194 g/mol. The average Bonchev–Trinajstić information content (AvgIpc) is 2.01. The first-order valence-corrected chi connectivity index (χ1v) is 4.99. The highest BCUT2D eigenvalue weighted by molar-refractivity contribution is 5.66. The van der Waals surface area contributed by atoms with Crippen LogP contribution in [0.4, 0.5) is 0 Å². The van der Waals surface area contributed by atoms with Crippen LogP contribution in [0.3, 0.4) is 0 Å². The maximum Gasteiger partial charge on any atom is 0.302 e. The first-order chi connectivity index (χ1) is 6.50. The van der Waals surface area contributed by atoms with Gasteiger partial charge in [0.05, 0.1) is 0 Å². The highest BCUT2D eigenvalue weighted by Crippen LogP contribution is 2.30. The van der Waals surface area contributed by atoms with Gasteiger partial charge in [0, 0.05) is 19.3 Å². The third kappa shape index (κ3) is 2.72. The molecule has 0 aliphatic heterocycles. The van der Waals surface area contributed by atoms with Gasteiger partial charge in [0.1, 0.15) is 6.10 Å². The Morgan fingerprint density at radius 2 is 2.21 bits per heavy atom. The van der Waals surface area contributed by atoms with Crippen molar-refractivity contribution in [1.29, 1.82) is 0 Å². The van der Waals surface area contributed by atoms with Crippen molar-refractivity contribution < 1.29 is 9.53 Å². The van der Waals surface area contributed by atoms with Crippen molar-refractivity contribution in [3.05, 3.63) is 23.8 Å². The van der Waals surface area contributed by atoms with Gasteiger partial charge in [-0.3, -0.25) is 4.79 Å². The van der Waals surface area contributed by atoms with Gasteiger partial charge in [-0.05, 0) is 20.3 Å². The molecule has 14 heavy (non-hydrogen) atoms. The van der Waals surface area contributed by atoms with Crippen LogP contribution in [-0.2, 0) is 9.53 Å². The number of ether oxygens (including phenoxy) is 1. The molecule has 1 rings (SSSR count). The van der Waals surface area contributed by atoms with Gasteiger partial charge in [-0.15, -0.1) is 0 Å². The molecule has 2 nitrogen and oxygen atoms in total. The maximum absolute atomic E-state index is 10.9. The third-order valence-electron chi connectivity index (χ3n) is 2.64. The zero-order chi connectivity index (χ0) is 10.7. The third-order valence-corrected chi connectivity index (χ3v) is 2.64. The fourth-order valence-corrected chi connectivity index (χ4v) is 1.88. The van der Waals surface area contributed by atoms with Crippen molar-refractivity contribution in [2.75, 3.05) is 0 Å². The summed E-state index contributed by atoms with van der Waals surface area (Å²) in [7, 11) is 0.